The molecule has 2 atom stereocenters. The number of amides is 1. The van der Waals surface area contributed by atoms with Crippen molar-refractivity contribution in [1.29, 1.82) is 0 Å². The molecule has 1 fully saturated rings. The number of rotatable bonds is 1. The average Bonchev–Trinajstić information content (AvgIpc) is 2.40. The summed E-state index contributed by atoms with van der Waals surface area (Å²) < 4.78 is 37.4. The Balaban J connectivity index is 0.00000220. The van der Waals surface area contributed by atoms with Gasteiger partial charge in [0.1, 0.15) is 0 Å². The lowest BCUT2D eigenvalue weighted by Crippen LogP contribution is -2.48. The monoisotopic (exact) mass is 322 g/mol. The van der Waals surface area contributed by atoms with Crippen molar-refractivity contribution in [3.63, 3.8) is 0 Å². The molecule has 1 amide bonds. The van der Waals surface area contributed by atoms with Crippen LogP contribution in [0.1, 0.15) is 29.3 Å². The maximum atomic E-state index is 12.5. The van der Waals surface area contributed by atoms with Gasteiger partial charge in [0.05, 0.1) is 5.56 Å². The Kier molecular flexibility index (Phi) is 5.64. The molecule has 2 N–H and O–H groups in total. The van der Waals surface area contributed by atoms with Gasteiger partial charge in [-0.15, -0.1) is 12.4 Å². The number of hydrogen-bond donors (Lipinski definition) is 1. The molecular weight excluding hydrogens is 305 g/mol. The molecule has 1 aromatic rings. The molecule has 118 valence electrons. The van der Waals surface area contributed by atoms with Crippen molar-refractivity contribution in [3.8, 4) is 0 Å². The fourth-order valence-corrected chi connectivity index (χ4v) is 2.33. The smallest absolute Gasteiger partial charge is 0.338 e. The number of alkyl halides is 3. The van der Waals surface area contributed by atoms with Crippen molar-refractivity contribution in [3.05, 3.63) is 35.4 Å². The molecule has 2 unspecified atom stereocenters. The Hall–Kier alpha value is -1.27. The molecule has 3 nitrogen and oxygen atoms in total. The van der Waals surface area contributed by atoms with E-state index in [9.17, 15) is 18.0 Å². The highest BCUT2D eigenvalue weighted by Crippen LogP contribution is 2.29. The summed E-state index contributed by atoms with van der Waals surface area (Å²) in [6, 6.07) is 4.40. The topological polar surface area (TPSA) is 46.3 Å². The number of piperidine rings is 1. The van der Waals surface area contributed by atoms with E-state index in [1.165, 1.54) is 12.1 Å². The molecule has 0 aliphatic carbocycles. The van der Waals surface area contributed by atoms with E-state index in [4.69, 9.17) is 5.73 Å². The first-order chi connectivity index (χ1) is 9.29. The second kappa shape index (κ2) is 6.66. The van der Waals surface area contributed by atoms with E-state index < -0.39 is 11.7 Å². The Bertz CT molecular complexity index is 490. The predicted molar refractivity (Wildman–Crippen MR) is 76.4 cm³/mol. The van der Waals surface area contributed by atoms with Crippen LogP contribution in [0, 0.1) is 5.92 Å². The van der Waals surface area contributed by atoms with Crippen LogP contribution in [-0.2, 0) is 6.18 Å². The van der Waals surface area contributed by atoms with E-state index in [1.807, 2.05) is 6.92 Å². The summed E-state index contributed by atoms with van der Waals surface area (Å²) >= 11 is 0. The van der Waals surface area contributed by atoms with Gasteiger partial charge in [-0.25, -0.2) is 0 Å². The van der Waals surface area contributed by atoms with E-state index >= 15 is 0 Å². The van der Waals surface area contributed by atoms with Crippen LogP contribution < -0.4 is 5.73 Å². The number of benzene rings is 1. The van der Waals surface area contributed by atoms with E-state index in [-0.39, 0.29) is 35.8 Å². The second-order valence-corrected chi connectivity index (χ2v) is 5.26. The van der Waals surface area contributed by atoms with Crippen LogP contribution in [0.3, 0.4) is 0 Å². The summed E-state index contributed by atoms with van der Waals surface area (Å²) in [4.78, 5) is 13.9. The lowest BCUT2D eigenvalue weighted by atomic mass is 9.94. The van der Waals surface area contributed by atoms with Crippen molar-refractivity contribution in [1.82, 2.24) is 4.90 Å². The molecule has 0 radical (unpaired) electrons. The molecule has 0 aromatic heterocycles. The molecule has 1 saturated heterocycles. The predicted octanol–water partition coefficient (Wildman–Crippen LogP) is 2.94. The second-order valence-electron chi connectivity index (χ2n) is 5.26. The molecule has 1 aromatic carbocycles. The Morgan fingerprint density at radius 1 is 1.29 bits per heavy atom. The number of carbonyl (C=O) groups is 1. The summed E-state index contributed by atoms with van der Waals surface area (Å²) in [6.07, 6.45) is -3.67. The van der Waals surface area contributed by atoms with Crippen LogP contribution in [-0.4, -0.2) is 29.9 Å². The number of halogens is 4. The van der Waals surface area contributed by atoms with Crippen molar-refractivity contribution >= 4 is 18.3 Å². The molecule has 7 heteroatoms. The van der Waals surface area contributed by atoms with Crippen LogP contribution in [0.15, 0.2) is 24.3 Å². The van der Waals surface area contributed by atoms with Crippen LogP contribution >= 0.6 is 12.4 Å². The molecule has 0 spiro atoms. The summed E-state index contributed by atoms with van der Waals surface area (Å²) in [5, 5.41) is 0. The summed E-state index contributed by atoms with van der Waals surface area (Å²) in [6.45, 7) is 3.06. The fourth-order valence-electron chi connectivity index (χ4n) is 2.33. The third-order valence-electron chi connectivity index (χ3n) is 3.72. The van der Waals surface area contributed by atoms with E-state index in [0.29, 0.717) is 19.5 Å². The van der Waals surface area contributed by atoms with Crippen LogP contribution in [0.2, 0.25) is 0 Å². The lowest BCUT2D eigenvalue weighted by molar-refractivity contribution is -0.137. The molecule has 21 heavy (non-hydrogen) atoms. The zero-order valence-electron chi connectivity index (χ0n) is 11.6. The maximum absolute atomic E-state index is 12.5. The van der Waals surface area contributed by atoms with Crippen LogP contribution in [0.5, 0.6) is 0 Å². The van der Waals surface area contributed by atoms with Crippen LogP contribution in [0.25, 0.3) is 0 Å². The number of nitrogens with zero attached hydrogens (tertiary/aromatic N) is 1. The first kappa shape index (κ1) is 17.8. The summed E-state index contributed by atoms with van der Waals surface area (Å²) in [5.41, 5.74) is 5.42. The van der Waals surface area contributed by atoms with E-state index in [2.05, 4.69) is 0 Å². The third-order valence-corrected chi connectivity index (χ3v) is 3.72. The minimum Gasteiger partial charge on any atom is -0.338 e. The Labute approximate surface area is 127 Å². The summed E-state index contributed by atoms with van der Waals surface area (Å²) in [7, 11) is 0. The quantitative estimate of drug-likeness (QED) is 0.864. The first-order valence-electron chi connectivity index (χ1n) is 6.51. The minimum absolute atomic E-state index is 0. The van der Waals surface area contributed by atoms with E-state index in [1.54, 1.807) is 4.90 Å². The lowest BCUT2D eigenvalue weighted by Gasteiger charge is -2.35. The minimum atomic E-state index is -4.38. The number of likely N-dealkylation sites (tertiary alicyclic amines) is 1. The van der Waals surface area contributed by atoms with Gasteiger partial charge in [0, 0.05) is 24.7 Å². The zero-order chi connectivity index (χ0) is 14.9. The van der Waals surface area contributed by atoms with Gasteiger partial charge < -0.3 is 10.6 Å². The molecule has 0 saturated carbocycles. The van der Waals surface area contributed by atoms with E-state index in [0.717, 1.165) is 12.1 Å². The highest BCUT2D eigenvalue weighted by molar-refractivity contribution is 5.94. The Morgan fingerprint density at radius 2 is 1.86 bits per heavy atom. The maximum Gasteiger partial charge on any atom is 0.416 e. The van der Waals surface area contributed by atoms with Gasteiger partial charge in [-0.2, -0.15) is 13.2 Å². The molecular formula is C14H18ClF3N2O. The van der Waals surface area contributed by atoms with Crippen molar-refractivity contribution in [2.45, 2.75) is 25.6 Å². The van der Waals surface area contributed by atoms with Gasteiger partial charge in [-0.05, 0) is 36.6 Å². The largest absolute Gasteiger partial charge is 0.416 e. The SMILES string of the molecule is CC1CN(C(=O)c2ccc(C(F)(F)F)cc2)CCC1N.Cl. The Morgan fingerprint density at radius 3 is 2.33 bits per heavy atom. The van der Waals surface area contributed by atoms with Crippen molar-refractivity contribution in [2.24, 2.45) is 11.7 Å². The number of nitrogens with two attached hydrogens (primary N) is 1. The highest BCUT2D eigenvalue weighted by Gasteiger charge is 2.31. The molecule has 1 aliphatic rings. The highest BCUT2D eigenvalue weighted by atomic mass is 35.5. The molecule has 2 rings (SSSR count). The first-order valence-corrected chi connectivity index (χ1v) is 6.51. The van der Waals surface area contributed by atoms with Gasteiger partial charge >= 0.3 is 6.18 Å². The van der Waals surface area contributed by atoms with Crippen molar-refractivity contribution < 1.29 is 18.0 Å². The van der Waals surface area contributed by atoms with Crippen LogP contribution in [0.4, 0.5) is 13.2 Å². The molecule has 1 heterocycles. The standard InChI is InChI=1S/C14H17F3N2O.ClH/c1-9-8-19(7-6-12(9)18)13(20)10-2-4-11(5-3-10)14(15,16)17;/h2-5,9,12H,6-8,18H2,1H3;1H. The number of carbonyl (C=O) groups excluding carboxylic acids is 1. The van der Waals surface area contributed by atoms with Gasteiger partial charge in [0.15, 0.2) is 0 Å². The van der Waals surface area contributed by atoms with Gasteiger partial charge in [-0.1, -0.05) is 6.92 Å². The molecule has 0 bridgehead atoms. The fraction of sp³-hybridized carbons (Fsp3) is 0.500. The normalized spacial score (nSPS) is 22.6. The van der Waals surface area contributed by atoms with Gasteiger partial charge in [0.25, 0.3) is 5.91 Å². The number of hydrogen-bond acceptors (Lipinski definition) is 2. The molecule has 1 aliphatic heterocycles. The average molecular weight is 323 g/mol. The van der Waals surface area contributed by atoms with Crippen molar-refractivity contribution in [2.75, 3.05) is 13.1 Å². The van der Waals surface area contributed by atoms with Gasteiger partial charge in [0.2, 0.25) is 0 Å². The zero-order valence-corrected chi connectivity index (χ0v) is 12.4. The summed E-state index contributed by atoms with van der Waals surface area (Å²) in [5.74, 6) is -0.0420. The third kappa shape index (κ3) is 4.11. The van der Waals surface area contributed by atoms with Gasteiger partial charge in [-0.3, -0.25) is 4.79 Å².